The molecule has 0 atom stereocenters. The zero-order valence-electron chi connectivity index (χ0n) is 11.3. The highest BCUT2D eigenvalue weighted by Crippen LogP contribution is 2.32. The predicted octanol–water partition coefficient (Wildman–Crippen LogP) is 3.03. The summed E-state index contributed by atoms with van der Waals surface area (Å²) in [6.45, 7) is 1.97. The number of nitrogens with two attached hydrogens (primary N) is 1. The summed E-state index contributed by atoms with van der Waals surface area (Å²) >= 11 is 4.87. The number of ether oxygens (including phenoxy) is 1. The minimum Gasteiger partial charge on any atom is -0.504 e. The number of anilines is 1. The van der Waals surface area contributed by atoms with Crippen molar-refractivity contribution in [2.45, 2.75) is 6.92 Å². The molecule has 4 nitrogen and oxygen atoms in total. The zero-order valence-corrected chi connectivity index (χ0v) is 12.1. The average Bonchev–Trinajstić information content (AvgIpc) is 2.41. The van der Waals surface area contributed by atoms with Gasteiger partial charge in [0.2, 0.25) is 0 Å². The molecule has 5 heteroatoms. The van der Waals surface area contributed by atoms with Crippen LogP contribution in [0, 0.1) is 6.92 Å². The predicted molar refractivity (Wildman–Crippen MR) is 85.2 cm³/mol. The summed E-state index contributed by atoms with van der Waals surface area (Å²) in [6, 6.07) is 11.1. The molecule has 0 saturated heterocycles. The van der Waals surface area contributed by atoms with Gasteiger partial charge in [-0.3, -0.25) is 0 Å². The number of aryl methyl sites for hydroxylation is 1. The van der Waals surface area contributed by atoms with Crippen LogP contribution in [0.4, 0.5) is 5.69 Å². The maximum atomic E-state index is 9.63. The summed E-state index contributed by atoms with van der Waals surface area (Å²) in [5, 5.41) is 12.8. The number of rotatable bonds is 3. The molecule has 4 N–H and O–H groups in total. The third-order valence-electron chi connectivity index (χ3n) is 3.01. The number of thiocarbonyl (C=S) groups is 1. The van der Waals surface area contributed by atoms with E-state index < -0.39 is 0 Å². The van der Waals surface area contributed by atoms with Crippen LogP contribution in [0.1, 0.15) is 5.56 Å². The number of hydrogen-bond acceptors (Lipinski definition) is 3. The quantitative estimate of drug-likeness (QED) is 0.758. The standard InChI is InChI=1S/C15H16N2O2S/c1-9-3-4-10(7-12(9)17-15(16)20)11-5-6-13(18)14(8-11)19-2/h3-8,18H,1-2H3,(H3,16,17,20). The van der Waals surface area contributed by atoms with Gasteiger partial charge < -0.3 is 20.9 Å². The first kappa shape index (κ1) is 14.1. The summed E-state index contributed by atoms with van der Waals surface area (Å²) < 4.78 is 5.12. The van der Waals surface area contributed by atoms with Crippen LogP contribution >= 0.6 is 12.2 Å². The average molecular weight is 288 g/mol. The monoisotopic (exact) mass is 288 g/mol. The molecule has 0 fully saturated rings. The Morgan fingerprint density at radius 2 is 1.85 bits per heavy atom. The molecule has 2 aromatic rings. The second-order valence-electron chi connectivity index (χ2n) is 4.41. The number of aromatic hydroxyl groups is 1. The van der Waals surface area contributed by atoms with Gasteiger partial charge in [-0.15, -0.1) is 0 Å². The fourth-order valence-electron chi connectivity index (χ4n) is 1.93. The molecule has 0 radical (unpaired) electrons. The van der Waals surface area contributed by atoms with Crippen LogP contribution in [0.25, 0.3) is 11.1 Å². The lowest BCUT2D eigenvalue weighted by molar-refractivity contribution is 0.373. The SMILES string of the molecule is COc1cc(-c2ccc(C)c(NC(N)=S)c2)ccc1O. The Hall–Kier alpha value is -2.27. The first-order chi connectivity index (χ1) is 9.51. The first-order valence-electron chi connectivity index (χ1n) is 6.05. The molecule has 0 bridgehead atoms. The molecule has 104 valence electrons. The van der Waals surface area contributed by atoms with Gasteiger partial charge in [-0.05, 0) is 54.0 Å². The lowest BCUT2D eigenvalue weighted by atomic mass is 10.0. The number of benzene rings is 2. The lowest BCUT2D eigenvalue weighted by Crippen LogP contribution is -2.19. The Morgan fingerprint density at radius 1 is 1.20 bits per heavy atom. The van der Waals surface area contributed by atoms with E-state index in [1.807, 2.05) is 31.2 Å². The number of phenols is 1. The van der Waals surface area contributed by atoms with Crippen LogP contribution in [0.3, 0.4) is 0 Å². The third kappa shape index (κ3) is 3.00. The van der Waals surface area contributed by atoms with Gasteiger partial charge >= 0.3 is 0 Å². The van der Waals surface area contributed by atoms with Crippen LogP contribution in [-0.2, 0) is 0 Å². The van der Waals surface area contributed by atoms with E-state index in [2.05, 4.69) is 5.32 Å². The Labute approximate surface area is 123 Å². The van der Waals surface area contributed by atoms with Crippen LogP contribution in [0.2, 0.25) is 0 Å². The van der Waals surface area contributed by atoms with Gasteiger partial charge in [0.05, 0.1) is 7.11 Å². The minimum atomic E-state index is 0.116. The highest BCUT2D eigenvalue weighted by molar-refractivity contribution is 7.80. The van der Waals surface area contributed by atoms with E-state index in [1.165, 1.54) is 7.11 Å². The van der Waals surface area contributed by atoms with Crippen molar-refractivity contribution in [3.05, 3.63) is 42.0 Å². The molecule has 0 aromatic heterocycles. The molecule has 0 aliphatic rings. The maximum Gasteiger partial charge on any atom is 0.168 e. The summed E-state index contributed by atoms with van der Waals surface area (Å²) in [6.07, 6.45) is 0. The molecule has 2 aromatic carbocycles. The Morgan fingerprint density at radius 3 is 2.50 bits per heavy atom. The number of phenolic OH excluding ortho intramolecular Hbond substituents is 1. The van der Waals surface area contributed by atoms with Crippen molar-refractivity contribution in [1.29, 1.82) is 0 Å². The van der Waals surface area contributed by atoms with E-state index in [4.69, 9.17) is 22.7 Å². The summed E-state index contributed by atoms with van der Waals surface area (Å²) in [5.41, 5.74) is 9.34. The Balaban J connectivity index is 2.45. The molecule has 0 spiro atoms. The molecule has 2 rings (SSSR count). The van der Waals surface area contributed by atoms with E-state index in [-0.39, 0.29) is 10.9 Å². The summed E-state index contributed by atoms with van der Waals surface area (Å²) in [7, 11) is 1.52. The van der Waals surface area contributed by atoms with Crippen molar-refractivity contribution in [3.63, 3.8) is 0 Å². The van der Waals surface area contributed by atoms with Gasteiger partial charge in [-0.1, -0.05) is 18.2 Å². The van der Waals surface area contributed by atoms with Gasteiger partial charge in [0.25, 0.3) is 0 Å². The maximum absolute atomic E-state index is 9.63. The van der Waals surface area contributed by atoms with E-state index in [0.29, 0.717) is 5.75 Å². The second-order valence-corrected chi connectivity index (χ2v) is 4.85. The molecule has 0 heterocycles. The fraction of sp³-hybridized carbons (Fsp3) is 0.133. The molecular weight excluding hydrogens is 272 g/mol. The van der Waals surface area contributed by atoms with E-state index >= 15 is 0 Å². The number of hydrogen-bond donors (Lipinski definition) is 3. The van der Waals surface area contributed by atoms with Crippen LogP contribution < -0.4 is 15.8 Å². The van der Waals surface area contributed by atoms with Gasteiger partial charge in [-0.25, -0.2) is 0 Å². The van der Waals surface area contributed by atoms with Crippen molar-refractivity contribution in [2.24, 2.45) is 5.73 Å². The Kier molecular flexibility index (Phi) is 4.10. The molecule has 0 aliphatic heterocycles. The largest absolute Gasteiger partial charge is 0.504 e. The number of nitrogens with one attached hydrogen (secondary N) is 1. The van der Waals surface area contributed by atoms with Crippen LogP contribution in [0.5, 0.6) is 11.5 Å². The zero-order chi connectivity index (χ0) is 14.7. The summed E-state index contributed by atoms with van der Waals surface area (Å²) in [5.74, 6) is 0.553. The van der Waals surface area contributed by atoms with E-state index in [9.17, 15) is 5.11 Å². The number of methoxy groups -OCH3 is 1. The van der Waals surface area contributed by atoms with Crippen molar-refractivity contribution < 1.29 is 9.84 Å². The van der Waals surface area contributed by atoms with Gasteiger partial charge in [-0.2, -0.15) is 0 Å². The second kappa shape index (κ2) is 5.79. The molecule has 0 saturated carbocycles. The molecule has 0 unspecified atom stereocenters. The summed E-state index contributed by atoms with van der Waals surface area (Å²) in [4.78, 5) is 0. The van der Waals surface area contributed by atoms with Crippen molar-refractivity contribution in [3.8, 4) is 22.6 Å². The lowest BCUT2D eigenvalue weighted by Gasteiger charge is -2.11. The van der Waals surface area contributed by atoms with Gasteiger partial charge in [0.1, 0.15) is 0 Å². The van der Waals surface area contributed by atoms with Crippen LogP contribution in [-0.4, -0.2) is 17.3 Å². The molecule has 20 heavy (non-hydrogen) atoms. The van der Waals surface area contributed by atoms with Crippen molar-refractivity contribution >= 4 is 23.0 Å². The normalized spacial score (nSPS) is 10.1. The third-order valence-corrected chi connectivity index (χ3v) is 3.11. The Bertz CT molecular complexity index is 656. The van der Waals surface area contributed by atoms with Gasteiger partial charge in [0, 0.05) is 5.69 Å². The highest BCUT2D eigenvalue weighted by Gasteiger charge is 2.07. The van der Waals surface area contributed by atoms with E-state index in [0.717, 1.165) is 22.4 Å². The van der Waals surface area contributed by atoms with Crippen molar-refractivity contribution in [2.75, 3.05) is 12.4 Å². The van der Waals surface area contributed by atoms with Gasteiger partial charge in [0.15, 0.2) is 16.6 Å². The van der Waals surface area contributed by atoms with Crippen molar-refractivity contribution in [1.82, 2.24) is 0 Å². The highest BCUT2D eigenvalue weighted by atomic mass is 32.1. The topological polar surface area (TPSA) is 67.5 Å². The molecule has 0 amide bonds. The smallest absolute Gasteiger partial charge is 0.168 e. The molecular formula is C15H16N2O2S. The van der Waals surface area contributed by atoms with Crippen LogP contribution in [0.15, 0.2) is 36.4 Å². The minimum absolute atomic E-state index is 0.116. The molecule has 0 aliphatic carbocycles. The van der Waals surface area contributed by atoms with E-state index in [1.54, 1.807) is 12.1 Å². The first-order valence-corrected chi connectivity index (χ1v) is 6.46. The fourth-order valence-corrected chi connectivity index (χ4v) is 2.04.